The van der Waals surface area contributed by atoms with Crippen LogP contribution in [0.1, 0.15) is 422 Å². The first-order valence-electron chi connectivity index (χ1n) is 50.1. The Kier molecular flexibility index (Phi) is 63.7. The quantitative estimate of drug-likeness (QED) is 0.0872. The Morgan fingerprint density at radius 3 is 0.905 bits per heavy atom. The zero-order valence-electron chi connectivity index (χ0n) is 99.7. The summed E-state index contributed by atoms with van der Waals surface area (Å²) < 4.78 is 0. The van der Waals surface area contributed by atoms with E-state index in [1.807, 2.05) is 24.8 Å². The van der Waals surface area contributed by atoms with Crippen LogP contribution in [0.2, 0.25) is 0 Å². The van der Waals surface area contributed by atoms with Crippen LogP contribution in [0.15, 0.2) is 104 Å². The summed E-state index contributed by atoms with van der Waals surface area (Å²) in [7, 11) is 52.4. The molecule has 0 aliphatic carbocycles. The summed E-state index contributed by atoms with van der Waals surface area (Å²) in [5, 5.41) is 27.6. The Bertz CT molecular complexity index is 4880. The molecular formula is C107H201N9P32. The number of pyridine rings is 3. The molecule has 32 unspecified atom stereocenters. The van der Waals surface area contributed by atoms with Gasteiger partial charge in [0.2, 0.25) is 0 Å². The fourth-order valence-electron chi connectivity index (χ4n) is 17.2. The van der Waals surface area contributed by atoms with Crippen molar-refractivity contribution in [2.45, 2.75) is 419 Å². The van der Waals surface area contributed by atoms with Crippen LogP contribution in [-0.2, 0) is 86.6 Å². The summed E-state index contributed by atoms with van der Waals surface area (Å²) >= 11 is 0. The van der Waals surface area contributed by atoms with Gasteiger partial charge < -0.3 is 0 Å². The van der Waals surface area contributed by atoms with Crippen molar-refractivity contribution in [2.75, 3.05) is 0 Å². The molecule has 9 aromatic rings. The highest BCUT2D eigenvalue weighted by Crippen LogP contribution is 2.72. The molecule has 0 amide bonds. The van der Waals surface area contributed by atoms with E-state index < -0.39 is 0 Å². The van der Waals surface area contributed by atoms with Crippen LogP contribution in [0, 0.1) is 0 Å². The predicted molar refractivity (Wildman–Crippen MR) is 783 cm³/mol. The van der Waals surface area contributed by atoms with Crippen molar-refractivity contribution in [2.24, 2.45) is 0 Å². The first kappa shape index (κ1) is 150. The molecule has 0 aliphatic heterocycles. The maximum atomic E-state index is 4.69. The Morgan fingerprint density at radius 2 is 0.520 bits per heavy atom. The van der Waals surface area contributed by atoms with E-state index in [1.54, 1.807) is 28.1 Å². The predicted octanol–water partition coefficient (Wildman–Crippen LogP) is 40.2. The van der Waals surface area contributed by atoms with Crippen molar-refractivity contribution >= 4 is 319 Å². The highest BCUT2D eigenvalue weighted by molar-refractivity contribution is 8.66. The number of aromatic nitrogens is 9. The molecule has 9 rings (SSSR count). The van der Waals surface area contributed by atoms with Crippen LogP contribution in [-0.4, -0.2) is 45.3 Å². The van der Waals surface area contributed by atoms with Gasteiger partial charge in [-0.25, -0.2) is 9.97 Å². The van der Waals surface area contributed by atoms with E-state index >= 15 is 0 Å². The standard InChI is InChI=1S/C18H28P4.C14H26P4.3C13H25NP4.3C12H24N2P4/c1-17(2,3)15-13-10-8-7-9-12(13)11-14(22(20)21-19)16(15)18(4,5)6;1-13(2,3)10-8-7-9-11(18(16)17-15)12(10)14(4,5)6;1-12(2,3)9-7-14-8-10(18(16)17-15)11(9)13(4,5)6;1-12(2,3)10-9(18(16)17-15)7-8-14-11(10)13(4,5)6;1-12(2,3)9-7-8-14-11(18(16)17-15)10(9)13(4,5)6;1-11(2,3)8-9(12(4,5)6)13-7-14-10(8)18(16)17-15;1-11(2,3)9-8(18(16)17-15)7-13-14-10(9)12(4,5)6;1-11(2,3)8-7-13-14-10(18(16)17-15)9(8)12(4,5)6/h7-11,21H,19-20H2,1-6H3;7-9,17H,15-16H2,1-6H3;3*7-8,17H,15-16H2,1-6H3;3*7,17H,15-16H2,1-6H3. The van der Waals surface area contributed by atoms with E-state index in [0.717, 1.165) is 69.4 Å². The van der Waals surface area contributed by atoms with E-state index in [9.17, 15) is 0 Å². The first-order chi connectivity index (χ1) is 66.7. The lowest BCUT2D eigenvalue weighted by Gasteiger charge is -2.35. The number of nitrogens with zero attached hydrogens (tertiary/aromatic N) is 9. The average Bonchev–Trinajstić information content (AvgIpc) is 0.735. The van der Waals surface area contributed by atoms with Gasteiger partial charge in [0.25, 0.3) is 0 Å². The number of benzene rings is 3. The minimum Gasteiger partial charge on any atom is -0.264 e. The van der Waals surface area contributed by atoms with Crippen LogP contribution < -0.4 is 42.8 Å². The van der Waals surface area contributed by atoms with Crippen LogP contribution >= 0.6 is 265 Å². The fraction of sp³-hybridized carbons (Fsp3) is 0.598. The van der Waals surface area contributed by atoms with Crippen LogP contribution in [0.4, 0.5) is 0 Å². The molecule has 41 heteroatoms. The highest BCUT2D eigenvalue weighted by atomic mass is 32.6. The first-order valence-corrected chi connectivity index (χ1v) is 103. The molecule has 834 valence electrons. The Morgan fingerprint density at radius 1 is 0.209 bits per heavy atom. The summed E-state index contributed by atoms with van der Waals surface area (Å²) in [5.41, 5.74) is 28.3. The zero-order valence-corrected chi connectivity index (χ0v) is 133. The van der Waals surface area contributed by atoms with Crippen LogP contribution in [0.5, 0.6) is 0 Å². The minimum atomic E-state index is -0.288. The second-order valence-corrected chi connectivity index (χ2v) is 126. The maximum absolute atomic E-state index is 4.69. The van der Waals surface area contributed by atoms with E-state index in [2.05, 4.69) is 584 Å². The van der Waals surface area contributed by atoms with Crippen molar-refractivity contribution in [1.82, 2.24) is 45.3 Å². The summed E-state index contributed by atoms with van der Waals surface area (Å²) in [6.45, 7) is 110. The molecule has 148 heavy (non-hydrogen) atoms. The number of fused-ring (bicyclic) bond motifs is 1. The van der Waals surface area contributed by atoms with Crippen molar-refractivity contribution < 1.29 is 0 Å². The van der Waals surface area contributed by atoms with Gasteiger partial charge in [-0.1, -0.05) is 438 Å². The summed E-state index contributed by atoms with van der Waals surface area (Å²) in [4.78, 5) is 23.0. The molecule has 0 spiro atoms. The molecule has 0 radical (unpaired) electrons. The molecule has 0 aliphatic rings. The van der Waals surface area contributed by atoms with E-state index in [4.69, 9.17) is 9.97 Å². The van der Waals surface area contributed by atoms with Crippen molar-refractivity contribution in [1.29, 1.82) is 0 Å². The lowest BCUT2D eigenvalue weighted by molar-refractivity contribution is 0.509. The lowest BCUT2D eigenvalue weighted by atomic mass is 9.73. The van der Waals surface area contributed by atoms with Gasteiger partial charge in [-0.05, 0) is 240 Å². The zero-order chi connectivity index (χ0) is 116. The third-order valence-corrected chi connectivity index (χ3v) is 103. The summed E-state index contributed by atoms with van der Waals surface area (Å²) in [6, 6.07) is 22.6. The van der Waals surface area contributed by atoms with Gasteiger partial charge in [0.05, 0.1) is 45.8 Å². The minimum absolute atomic E-state index is 0.0382. The van der Waals surface area contributed by atoms with E-state index in [-0.39, 0.29) is 145 Å². The van der Waals surface area contributed by atoms with E-state index in [1.165, 1.54) is 116 Å². The number of rotatable bonds is 16. The molecule has 0 saturated carbocycles. The molecule has 0 fully saturated rings. The maximum Gasteiger partial charge on any atom is 0.116 e. The van der Waals surface area contributed by atoms with Crippen molar-refractivity contribution in [3.05, 3.63) is 194 Å². The van der Waals surface area contributed by atoms with Gasteiger partial charge in [-0.3, -0.25) is 15.0 Å². The second-order valence-electron chi connectivity index (χ2n) is 53.6. The number of hydrogen-bond acceptors (Lipinski definition) is 9. The largest absolute Gasteiger partial charge is 0.264 e. The molecule has 32 atom stereocenters. The van der Waals surface area contributed by atoms with Gasteiger partial charge in [0.1, 0.15) is 6.33 Å². The Labute approximate surface area is 967 Å². The molecule has 6 heterocycles. The third kappa shape index (κ3) is 46.0. The third-order valence-electron chi connectivity index (χ3n) is 23.6. The smallest absolute Gasteiger partial charge is 0.116 e. The molecule has 0 N–H and O–H groups in total. The summed E-state index contributed by atoms with van der Waals surface area (Å²) in [6.07, 6.45) is 13.7. The van der Waals surface area contributed by atoms with Crippen LogP contribution in [0.25, 0.3) is 10.8 Å². The van der Waals surface area contributed by atoms with Gasteiger partial charge in [0.15, 0.2) is 0 Å². The van der Waals surface area contributed by atoms with Gasteiger partial charge >= 0.3 is 0 Å². The average molecular weight is 2610 g/mol. The Hall–Kier alpha value is 6.37. The topological polar surface area (TPSA) is 116 Å². The Balaban J connectivity index is 0.000000572. The number of hydrogen-bond donors (Lipinski definition) is 0. The monoisotopic (exact) mass is 2600 g/mol. The SMILES string of the molecule is CC(C)(C)c1c(P(P)PP)cc2ccccc2c1C(C)(C)C.CC(C)(C)c1cccc(P(P)PP)c1C(C)(C)C.CC(C)(C)c1ccnc(P(P)PP)c1C(C)(C)C.CC(C)(C)c1cncc(P(P)PP)c1C(C)(C)C.CC(C)(C)c1cnnc(P(P)PP)c1C(C)(C)C.CC(C)(C)c1nccc(P(P)PP)c1C(C)(C)C.CC(C)(C)c1ncnc(P(P)PP)c1C(C)(C)C.CC(C)(C)c1nncc(P(P)PP)c1C(C)(C)C. The van der Waals surface area contributed by atoms with E-state index in [0.29, 0.717) is 0 Å². The van der Waals surface area contributed by atoms with Crippen molar-refractivity contribution in [3.63, 3.8) is 0 Å². The van der Waals surface area contributed by atoms with Gasteiger partial charge in [0, 0.05) is 57.2 Å². The van der Waals surface area contributed by atoms with Crippen LogP contribution in [0.3, 0.4) is 0 Å². The molecule has 0 saturated heterocycles. The molecule has 6 aromatic heterocycles. The molecule has 0 bridgehead atoms. The molecular weight excluding hydrogens is 2400 g/mol. The molecule has 3 aromatic carbocycles. The van der Waals surface area contributed by atoms with Gasteiger partial charge in [-0.2, -0.15) is 15.3 Å². The normalized spacial score (nSPS) is 15.3. The van der Waals surface area contributed by atoms with Gasteiger partial charge in [-0.15, -0.1) is 148 Å². The summed E-state index contributed by atoms with van der Waals surface area (Å²) in [5.74, 6) is 0. The second kappa shape index (κ2) is 62.7. The lowest BCUT2D eigenvalue weighted by Crippen LogP contribution is -2.31. The molecule has 9 nitrogen and oxygen atoms in total. The highest BCUT2D eigenvalue weighted by Gasteiger charge is 2.40. The fourth-order valence-corrected chi connectivity index (χ4v) is 47.1. The van der Waals surface area contributed by atoms with Crippen molar-refractivity contribution in [3.8, 4) is 0 Å².